The summed E-state index contributed by atoms with van der Waals surface area (Å²) < 4.78 is 7.09. The molecule has 0 saturated heterocycles. The molecule has 0 bridgehead atoms. The van der Waals surface area contributed by atoms with Gasteiger partial charge in [0.05, 0.1) is 0 Å². The van der Waals surface area contributed by atoms with Crippen LogP contribution in [0.15, 0.2) is 72.8 Å². The number of hydrogen-bond donors (Lipinski definition) is 0. The Balaban J connectivity index is 2.41. The molecular formula is C25H30OSi. The summed E-state index contributed by atoms with van der Waals surface area (Å²) in [6.07, 6.45) is 0. The predicted octanol–water partition coefficient (Wildman–Crippen LogP) is 4.39. The highest BCUT2D eigenvalue weighted by Crippen LogP contribution is 2.19. The van der Waals surface area contributed by atoms with Crippen LogP contribution in [0.3, 0.4) is 0 Å². The van der Waals surface area contributed by atoms with Gasteiger partial charge in [-0.3, -0.25) is 0 Å². The molecule has 0 spiro atoms. The average Bonchev–Trinajstić information content (AvgIpc) is 2.59. The minimum atomic E-state index is -2.65. The number of benzene rings is 3. The second-order valence-electron chi connectivity index (χ2n) is 8.50. The topological polar surface area (TPSA) is 9.23 Å². The zero-order chi connectivity index (χ0) is 19.7. The Bertz CT molecular complexity index is 826. The van der Waals surface area contributed by atoms with Crippen LogP contribution in [0.5, 0.6) is 0 Å². The molecule has 0 aliphatic heterocycles. The van der Waals surface area contributed by atoms with Gasteiger partial charge in [-0.05, 0) is 57.1 Å². The van der Waals surface area contributed by atoms with E-state index < -0.39 is 8.32 Å². The Morgan fingerprint density at radius 2 is 0.926 bits per heavy atom. The number of hydrogen-bond acceptors (Lipinski definition) is 1. The first kappa shape index (κ1) is 19.6. The molecule has 0 aliphatic carbocycles. The third kappa shape index (κ3) is 4.23. The van der Waals surface area contributed by atoms with E-state index in [9.17, 15) is 0 Å². The fourth-order valence-electron chi connectivity index (χ4n) is 3.73. The molecule has 2 heteroatoms. The van der Waals surface area contributed by atoms with Gasteiger partial charge < -0.3 is 4.43 Å². The van der Waals surface area contributed by atoms with Crippen molar-refractivity contribution in [2.75, 3.05) is 0 Å². The van der Waals surface area contributed by atoms with Gasteiger partial charge in [0.2, 0.25) is 0 Å². The van der Waals surface area contributed by atoms with Crippen molar-refractivity contribution in [3.05, 3.63) is 89.5 Å². The third-order valence-electron chi connectivity index (χ3n) is 4.73. The van der Waals surface area contributed by atoms with Crippen LogP contribution >= 0.6 is 0 Å². The molecule has 0 amide bonds. The zero-order valence-corrected chi connectivity index (χ0v) is 18.3. The summed E-state index contributed by atoms with van der Waals surface area (Å²) >= 11 is 0. The van der Waals surface area contributed by atoms with Gasteiger partial charge in [0.15, 0.2) is 0 Å². The van der Waals surface area contributed by atoms with Crippen molar-refractivity contribution in [2.24, 2.45) is 0 Å². The molecule has 1 nitrogen and oxygen atoms in total. The minimum absolute atomic E-state index is 0.260. The van der Waals surface area contributed by atoms with Gasteiger partial charge in [-0.1, -0.05) is 89.5 Å². The fourth-order valence-corrected chi connectivity index (χ4v) is 8.29. The lowest BCUT2D eigenvalue weighted by Crippen LogP contribution is -2.71. The molecule has 0 saturated carbocycles. The summed E-state index contributed by atoms with van der Waals surface area (Å²) in [7, 11) is -2.65. The van der Waals surface area contributed by atoms with Crippen LogP contribution in [-0.4, -0.2) is 13.9 Å². The molecule has 3 aromatic carbocycles. The Labute approximate surface area is 165 Å². The molecule has 0 fully saturated rings. The standard InChI is InChI=1S/C25H30OSi/c1-19-10-7-13-22(16-19)27(26-25(4,5)6,23-14-8-11-20(2)17-23)24-15-9-12-21(3)18-24/h7-18H,1-6H3. The van der Waals surface area contributed by atoms with Crippen molar-refractivity contribution < 1.29 is 4.43 Å². The first-order chi connectivity index (χ1) is 12.7. The van der Waals surface area contributed by atoms with Crippen LogP contribution in [-0.2, 0) is 4.43 Å². The van der Waals surface area contributed by atoms with Crippen molar-refractivity contribution in [3.8, 4) is 0 Å². The van der Waals surface area contributed by atoms with E-state index >= 15 is 0 Å². The second-order valence-corrected chi connectivity index (χ2v) is 11.8. The first-order valence-corrected chi connectivity index (χ1v) is 11.5. The van der Waals surface area contributed by atoms with E-state index in [2.05, 4.69) is 114 Å². The molecule has 140 valence electrons. The van der Waals surface area contributed by atoms with E-state index in [-0.39, 0.29) is 5.60 Å². The lowest BCUT2D eigenvalue weighted by molar-refractivity contribution is 0.130. The summed E-state index contributed by atoms with van der Waals surface area (Å²) in [6, 6.07) is 26.6. The second kappa shape index (κ2) is 7.45. The molecule has 0 aliphatic rings. The number of rotatable bonds is 4. The van der Waals surface area contributed by atoms with E-state index in [0.29, 0.717) is 0 Å². The van der Waals surface area contributed by atoms with Crippen LogP contribution < -0.4 is 15.6 Å². The molecule has 0 aromatic heterocycles. The van der Waals surface area contributed by atoms with Crippen LogP contribution in [0, 0.1) is 20.8 Å². The highest BCUT2D eigenvalue weighted by molar-refractivity contribution is 7.07. The smallest absolute Gasteiger partial charge is 0.288 e. The van der Waals surface area contributed by atoms with Gasteiger partial charge in [-0.2, -0.15) is 0 Å². The first-order valence-electron chi connectivity index (χ1n) is 9.62. The largest absolute Gasteiger partial charge is 0.399 e. The average molecular weight is 375 g/mol. The summed E-state index contributed by atoms with van der Waals surface area (Å²) in [5, 5.41) is 3.90. The normalized spacial score (nSPS) is 12.2. The van der Waals surface area contributed by atoms with Crippen molar-refractivity contribution in [1.82, 2.24) is 0 Å². The van der Waals surface area contributed by atoms with Crippen molar-refractivity contribution in [2.45, 2.75) is 47.1 Å². The van der Waals surface area contributed by atoms with Gasteiger partial charge in [0, 0.05) is 5.60 Å². The van der Waals surface area contributed by atoms with Crippen LogP contribution in [0.25, 0.3) is 0 Å². The molecule has 0 N–H and O–H groups in total. The summed E-state index contributed by atoms with van der Waals surface area (Å²) in [4.78, 5) is 0. The molecule has 0 heterocycles. The van der Waals surface area contributed by atoms with Gasteiger partial charge in [-0.25, -0.2) is 0 Å². The Morgan fingerprint density at radius 1 is 0.593 bits per heavy atom. The fraction of sp³-hybridized carbons (Fsp3) is 0.280. The van der Waals surface area contributed by atoms with E-state index in [1.54, 1.807) is 0 Å². The summed E-state index contributed by atoms with van der Waals surface area (Å²) in [5.74, 6) is 0. The Hall–Kier alpha value is -2.16. The predicted molar refractivity (Wildman–Crippen MR) is 119 cm³/mol. The van der Waals surface area contributed by atoms with E-state index in [1.807, 2.05) is 0 Å². The van der Waals surface area contributed by atoms with Crippen LogP contribution in [0.4, 0.5) is 0 Å². The van der Waals surface area contributed by atoms with E-state index in [1.165, 1.54) is 32.3 Å². The Kier molecular flexibility index (Phi) is 5.41. The maximum atomic E-state index is 7.09. The monoisotopic (exact) mass is 374 g/mol. The quantitative estimate of drug-likeness (QED) is 0.486. The van der Waals surface area contributed by atoms with E-state index in [4.69, 9.17) is 4.43 Å². The third-order valence-corrected chi connectivity index (χ3v) is 9.02. The highest BCUT2D eigenvalue weighted by Gasteiger charge is 2.45. The summed E-state index contributed by atoms with van der Waals surface area (Å²) in [5.41, 5.74) is 3.54. The van der Waals surface area contributed by atoms with Crippen molar-refractivity contribution in [1.29, 1.82) is 0 Å². The molecule has 3 rings (SSSR count). The number of aryl methyl sites for hydroxylation is 3. The highest BCUT2D eigenvalue weighted by atomic mass is 28.4. The van der Waals surface area contributed by atoms with Crippen LogP contribution in [0.1, 0.15) is 37.5 Å². The maximum Gasteiger partial charge on any atom is 0.288 e. The molecule has 0 atom stereocenters. The van der Waals surface area contributed by atoms with Gasteiger partial charge >= 0.3 is 0 Å². The van der Waals surface area contributed by atoms with E-state index in [0.717, 1.165) is 0 Å². The molecular weight excluding hydrogens is 344 g/mol. The molecule has 3 aromatic rings. The maximum absolute atomic E-state index is 7.09. The zero-order valence-electron chi connectivity index (χ0n) is 17.3. The van der Waals surface area contributed by atoms with Gasteiger partial charge in [0.25, 0.3) is 8.32 Å². The SMILES string of the molecule is Cc1cccc([Si](OC(C)(C)C)(c2cccc(C)c2)c2cccc(C)c2)c1. The van der Waals surface area contributed by atoms with Crippen molar-refractivity contribution in [3.63, 3.8) is 0 Å². The van der Waals surface area contributed by atoms with Crippen molar-refractivity contribution >= 4 is 23.9 Å². The lowest BCUT2D eigenvalue weighted by Gasteiger charge is -2.39. The lowest BCUT2D eigenvalue weighted by atomic mass is 10.2. The summed E-state index contributed by atoms with van der Waals surface area (Å²) in [6.45, 7) is 13.0. The minimum Gasteiger partial charge on any atom is -0.399 e. The Morgan fingerprint density at radius 3 is 1.19 bits per heavy atom. The van der Waals surface area contributed by atoms with Gasteiger partial charge in [-0.15, -0.1) is 0 Å². The van der Waals surface area contributed by atoms with Gasteiger partial charge in [0.1, 0.15) is 0 Å². The van der Waals surface area contributed by atoms with Crippen LogP contribution in [0.2, 0.25) is 0 Å². The molecule has 0 radical (unpaired) electrons. The molecule has 0 unspecified atom stereocenters. The molecule has 27 heavy (non-hydrogen) atoms.